The molecule has 0 aliphatic carbocycles. The second-order valence-electron chi connectivity index (χ2n) is 8.03. The highest BCUT2D eigenvalue weighted by atomic mass is 79.9. The monoisotopic (exact) mass is 586 g/mol. The molecule has 3 aromatic rings. The standard InChI is InChI=1S/C27H27BrN2O6S/c1-6-35-21-13-16(8-10-20(21)34-5)24-23(26(32)36-7-2)15(3)29-27-30(24)25(31)22(37-27)14-17-12-18(28)9-11-19(17)33-4/h8-14,24H,6-7H2,1-5H3/b22-14-/t24-/m0/s1. The number of hydrogen-bond donors (Lipinski definition) is 0. The molecule has 0 saturated heterocycles. The first kappa shape index (κ1) is 26.7. The van der Waals surface area contributed by atoms with E-state index in [4.69, 9.17) is 18.9 Å². The molecule has 194 valence electrons. The van der Waals surface area contributed by atoms with E-state index in [1.54, 1.807) is 46.3 Å². The molecule has 37 heavy (non-hydrogen) atoms. The Kier molecular flexibility index (Phi) is 8.19. The Hall–Kier alpha value is -3.37. The average Bonchev–Trinajstić information content (AvgIpc) is 3.17. The second kappa shape index (κ2) is 11.4. The van der Waals surface area contributed by atoms with E-state index in [-0.39, 0.29) is 12.2 Å². The van der Waals surface area contributed by atoms with Crippen LogP contribution in [0.2, 0.25) is 0 Å². The van der Waals surface area contributed by atoms with E-state index in [2.05, 4.69) is 20.9 Å². The third-order valence-electron chi connectivity index (χ3n) is 5.80. The Morgan fingerprint density at radius 1 is 1.08 bits per heavy atom. The van der Waals surface area contributed by atoms with E-state index in [1.165, 1.54) is 15.9 Å². The Labute approximate surface area is 226 Å². The summed E-state index contributed by atoms with van der Waals surface area (Å²) in [6.45, 7) is 5.99. The molecule has 0 amide bonds. The molecule has 10 heteroatoms. The van der Waals surface area contributed by atoms with Gasteiger partial charge in [0.05, 0.1) is 49.3 Å². The van der Waals surface area contributed by atoms with E-state index in [0.29, 0.717) is 50.0 Å². The van der Waals surface area contributed by atoms with Crippen molar-refractivity contribution in [3.8, 4) is 17.2 Å². The fraction of sp³-hybridized carbons (Fsp3) is 0.296. The van der Waals surface area contributed by atoms with E-state index < -0.39 is 12.0 Å². The summed E-state index contributed by atoms with van der Waals surface area (Å²) < 4.78 is 24.9. The summed E-state index contributed by atoms with van der Waals surface area (Å²) in [4.78, 5) is 32.1. The first-order valence-corrected chi connectivity index (χ1v) is 13.3. The van der Waals surface area contributed by atoms with Crippen LogP contribution in [-0.2, 0) is 9.53 Å². The number of thiazole rings is 1. The number of ether oxygens (including phenoxy) is 4. The summed E-state index contributed by atoms with van der Waals surface area (Å²) in [5.41, 5.74) is 1.93. The number of carbonyl (C=O) groups is 1. The fourth-order valence-corrected chi connectivity index (χ4v) is 5.61. The predicted molar refractivity (Wildman–Crippen MR) is 145 cm³/mol. The van der Waals surface area contributed by atoms with Crippen LogP contribution in [0.25, 0.3) is 6.08 Å². The number of nitrogens with zero attached hydrogens (tertiary/aromatic N) is 2. The van der Waals surface area contributed by atoms with Gasteiger partial charge in [-0.1, -0.05) is 33.3 Å². The van der Waals surface area contributed by atoms with Gasteiger partial charge in [-0.15, -0.1) is 0 Å². The SMILES string of the molecule is CCOC(=O)C1=C(C)N=c2s/c(=C\c3cc(Br)ccc3OC)c(=O)n2[C@H]1c1ccc(OC)c(OCC)c1. The molecular weight excluding hydrogens is 560 g/mol. The zero-order valence-electron chi connectivity index (χ0n) is 21.2. The highest BCUT2D eigenvalue weighted by molar-refractivity contribution is 9.10. The molecule has 4 rings (SSSR count). The van der Waals surface area contributed by atoms with Gasteiger partial charge in [-0.25, -0.2) is 9.79 Å². The van der Waals surface area contributed by atoms with E-state index in [0.717, 1.165) is 10.0 Å². The van der Waals surface area contributed by atoms with Gasteiger partial charge in [0.1, 0.15) is 5.75 Å². The smallest absolute Gasteiger partial charge is 0.338 e. The summed E-state index contributed by atoms with van der Waals surface area (Å²) in [5, 5.41) is 0. The van der Waals surface area contributed by atoms with Crippen LogP contribution >= 0.6 is 27.3 Å². The molecule has 2 heterocycles. The van der Waals surface area contributed by atoms with Gasteiger partial charge in [-0.2, -0.15) is 0 Å². The molecule has 0 bridgehead atoms. The van der Waals surface area contributed by atoms with E-state index in [1.807, 2.05) is 31.2 Å². The van der Waals surface area contributed by atoms with Gasteiger partial charge in [0, 0.05) is 10.0 Å². The predicted octanol–water partition coefficient (Wildman–Crippen LogP) is 3.98. The lowest BCUT2D eigenvalue weighted by atomic mass is 9.95. The van der Waals surface area contributed by atoms with Crippen molar-refractivity contribution < 1.29 is 23.7 Å². The summed E-state index contributed by atoms with van der Waals surface area (Å²) >= 11 is 4.73. The maximum atomic E-state index is 13.9. The molecule has 0 N–H and O–H groups in total. The van der Waals surface area contributed by atoms with Crippen molar-refractivity contribution >= 4 is 39.3 Å². The Morgan fingerprint density at radius 2 is 1.81 bits per heavy atom. The number of allylic oxidation sites excluding steroid dienone is 1. The minimum absolute atomic E-state index is 0.197. The van der Waals surface area contributed by atoms with Crippen molar-refractivity contribution in [2.24, 2.45) is 4.99 Å². The van der Waals surface area contributed by atoms with Gasteiger partial charge in [0.25, 0.3) is 5.56 Å². The van der Waals surface area contributed by atoms with E-state index in [9.17, 15) is 9.59 Å². The van der Waals surface area contributed by atoms with Crippen LogP contribution in [0.15, 0.2) is 61.9 Å². The van der Waals surface area contributed by atoms with Crippen LogP contribution in [0.3, 0.4) is 0 Å². The summed E-state index contributed by atoms with van der Waals surface area (Å²) in [7, 11) is 3.14. The first-order valence-electron chi connectivity index (χ1n) is 11.7. The zero-order valence-corrected chi connectivity index (χ0v) is 23.6. The Morgan fingerprint density at radius 3 is 2.49 bits per heavy atom. The van der Waals surface area contributed by atoms with Crippen molar-refractivity contribution in [3.05, 3.63) is 83.0 Å². The van der Waals surface area contributed by atoms with Crippen LogP contribution in [0.1, 0.15) is 37.9 Å². The molecule has 1 aromatic heterocycles. The number of esters is 1. The van der Waals surface area contributed by atoms with Crippen molar-refractivity contribution in [1.29, 1.82) is 0 Å². The average molecular weight is 587 g/mol. The number of hydrogen-bond acceptors (Lipinski definition) is 8. The lowest BCUT2D eigenvalue weighted by molar-refractivity contribution is -0.139. The number of aromatic nitrogens is 1. The summed E-state index contributed by atoms with van der Waals surface area (Å²) in [6, 6.07) is 10.2. The topological polar surface area (TPSA) is 88.4 Å². The molecular formula is C27H27BrN2O6S. The van der Waals surface area contributed by atoms with Gasteiger partial charge in [-0.05, 0) is 62.7 Å². The quantitative estimate of drug-likeness (QED) is 0.371. The van der Waals surface area contributed by atoms with Crippen LogP contribution < -0.4 is 29.1 Å². The highest BCUT2D eigenvalue weighted by Crippen LogP contribution is 2.36. The maximum absolute atomic E-state index is 13.9. The molecule has 0 spiro atoms. The van der Waals surface area contributed by atoms with Crippen molar-refractivity contribution in [1.82, 2.24) is 4.57 Å². The Balaban J connectivity index is 1.98. The van der Waals surface area contributed by atoms with Gasteiger partial charge >= 0.3 is 5.97 Å². The summed E-state index contributed by atoms with van der Waals surface area (Å²) in [5.74, 6) is 1.18. The number of rotatable bonds is 8. The first-order chi connectivity index (χ1) is 17.8. The molecule has 1 aliphatic rings. The minimum atomic E-state index is -0.757. The molecule has 8 nitrogen and oxygen atoms in total. The fourth-order valence-electron chi connectivity index (χ4n) is 4.20. The van der Waals surface area contributed by atoms with E-state index >= 15 is 0 Å². The number of fused-ring (bicyclic) bond motifs is 1. The lowest BCUT2D eigenvalue weighted by Crippen LogP contribution is -2.40. The molecule has 1 atom stereocenters. The van der Waals surface area contributed by atoms with Crippen LogP contribution in [0.4, 0.5) is 0 Å². The molecule has 0 fully saturated rings. The van der Waals surface area contributed by atoms with Crippen LogP contribution in [0.5, 0.6) is 17.2 Å². The molecule has 2 aromatic carbocycles. The highest BCUT2D eigenvalue weighted by Gasteiger charge is 2.34. The van der Waals surface area contributed by atoms with Gasteiger partial charge in [0.15, 0.2) is 16.3 Å². The molecule has 0 saturated carbocycles. The normalized spacial score (nSPS) is 15.2. The van der Waals surface area contributed by atoms with Gasteiger partial charge < -0.3 is 18.9 Å². The van der Waals surface area contributed by atoms with Gasteiger partial charge in [-0.3, -0.25) is 9.36 Å². The zero-order chi connectivity index (χ0) is 26.7. The number of methoxy groups -OCH3 is 2. The van der Waals surface area contributed by atoms with Gasteiger partial charge in [0.2, 0.25) is 0 Å². The molecule has 1 aliphatic heterocycles. The third-order valence-corrected chi connectivity index (χ3v) is 7.27. The second-order valence-corrected chi connectivity index (χ2v) is 9.96. The maximum Gasteiger partial charge on any atom is 0.338 e. The number of benzene rings is 2. The molecule has 0 unspecified atom stereocenters. The van der Waals surface area contributed by atoms with Crippen molar-refractivity contribution in [2.75, 3.05) is 27.4 Å². The lowest BCUT2D eigenvalue weighted by Gasteiger charge is -2.25. The summed E-state index contributed by atoms with van der Waals surface area (Å²) in [6.07, 6.45) is 1.77. The van der Waals surface area contributed by atoms with Crippen molar-refractivity contribution in [2.45, 2.75) is 26.8 Å². The number of halogens is 1. The van der Waals surface area contributed by atoms with Crippen LogP contribution in [0, 0.1) is 0 Å². The molecule has 0 radical (unpaired) electrons. The van der Waals surface area contributed by atoms with Crippen LogP contribution in [-0.4, -0.2) is 38.0 Å². The Bertz CT molecular complexity index is 1560. The van der Waals surface area contributed by atoms with Crippen molar-refractivity contribution in [3.63, 3.8) is 0 Å². The largest absolute Gasteiger partial charge is 0.496 e. The third kappa shape index (κ3) is 5.21. The number of carbonyl (C=O) groups excluding carboxylic acids is 1. The minimum Gasteiger partial charge on any atom is -0.496 e.